The predicted octanol–water partition coefficient (Wildman–Crippen LogP) is 5.33. The summed E-state index contributed by atoms with van der Waals surface area (Å²) in [7, 11) is 12.6. The first kappa shape index (κ1) is 36.2. The van der Waals surface area contributed by atoms with E-state index in [9.17, 15) is 0 Å². The number of unbranched alkanes of at least 4 members (excludes halogenated alkanes) is 2. The number of hydrogen-bond acceptors (Lipinski definition) is 13. The standard InChI is InChI=1S/C30H46O12S/c1-31-16-39-23-15-22(35-5)25(40-17-32-2)20(24(23)36-6)13-11-10-12-14-21-26(37-7)29(42-19-34-4)30(43-9)28(38-8)27(21)41-18-33-3/h15H,10-14,16-19H2,1-9H3. The first-order chi connectivity index (χ1) is 21.0. The summed E-state index contributed by atoms with van der Waals surface area (Å²) in [6, 6.07) is 1.72. The molecule has 2 aromatic rings. The van der Waals surface area contributed by atoms with Crippen LogP contribution in [0, 0.1) is 0 Å². The summed E-state index contributed by atoms with van der Waals surface area (Å²) in [4.78, 5) is 0.742. The van der Waals surface area contributed by atoms with Crippen molar-refractivity contribution in [2.24, 2.45) is 0 Å². The van der Waals surface area contributed by atoms with Crippen LogP contribution in [0.5, 0.6) is 46.0 Å². The Morgan fingerprint density at radius 3 is 1.44 bits per heavy atom. The molecule has 0 saturated heterocycles. The van der Waals surface area contributed by atoms with Crippen molar-refractivity contribution in [3.63, 3.8) is 0 Å². The second kappa shape index (κ2) is 20.1. The Morgan fingerprint density at radius 2 is 0.953 bits per heavy atom. The van der Waals surface area contributed by atoms with E-state index in [1.54, 1.807) is 62.9 Å². The molecule has 0 bridgehead atoms. The molecule has 0 aliphatic rings. The van der Waals surface area contributed by atoms with Crippen molar-refractivity contribution in [3.8, 4) is 46.0 Å². The van der Waals surface area contributed by atoms with Gasteiger partial charge in [0.15, 0.2) is 73.2 Å². The molecule has 0 spiro atoms. The number of benzene rings is 2. The quantitative estimate of drug-likeness (QED) is 0.0897. The molecule has 43 heavy (non-hydrogen) atoms. The highest BCUT2D eigenvalue weighted by molar-refractivity contribution is 7.98. The summed E-state index contributed by atoms with van der Waals surface area (Å²) < 4.78 is 67.3. The van der Waals surface area contributed by atoms with Crippen molar-refractivity contribution in [1.82, 2.24) is 0 Å². The fourth-order valence-electron chi connectivity index (χ4n) is 4.56. The van der Waals surface area contributed by atoms with Gasteiger partial charge >= 0.3 is 0 Å². The van der Waals surface area contributed by atoms with E-state index in [1.165, 1.54) is 11.8 Å². The third-order valence-electron chi connectivity index (χ3n) is 6.32. The number of hydrogen-bond donors (Lipinski definition) is 0. The lowest BCUT2D eigenvalue weighted by Crippen LogP contribution is -2.10. The Bertz CT molecular complexity index is 1110. The van der Waals surface area contributed by atoms with Crippen LogP contribution in [0.3, 0.4) is 0 Å². The molecule has 0 heterocycles. The van der Waals surface area contributed by atoms with Gasteiger partial charge in [-0.1, -0.05) is 6.42 Å². The summed E-state index contributed by atoms with van der Waals surface area (Å²) >= 11 is 1.46. The maximum Gasteiger partial charge on any atom is 0.188 e. The SMILES string of the molecule is COCOc1cc(OC)c(OCOC)c(CCCCCc2c(OCOC)c(OC)c(SC)c(OCOC)c2OC)c1OC. The van der Waals surface area contributed by atoms with E-state index in [0.29, 0.717) is 58.8 Å². The highest BCUT2D eigenvalue weighted by atomic mass is 32.2. The van der Waals surface area contributed by atoms with Crippen molar-refractivity contribution in [1.29, 1.82) is 0 Å². The van der Waals surface area contributed by atoms with Crippen LogP contribution in [0.25, 0.3) is 0 Å². The van der Waals surface area contributed by atoms with E-state index < -0.39 is 0 Å². The van der Waals surface area contributed by atoms with Gasteiger partial charge in [0, 0.05) is 45.6 Å². The average molecular weight is 631 g/mol. The van der Waals surface area contributed by atoms with Crippen LogP contribution in [0.2, 0.25) is 0 Å². The van der Waals surface area contributed by atoms with Crippen molar-refractivity contribution < 1.29 is 56.8 Å². The van der Waals surface area contributed by atoms with Gasteiger partial charge in [-0.05, 0) is 31.9 Å². The summed E-state index contributed by atoms with van der Waals surface area (Å²) in [5, 5.41) is 0. The van der Waals surface area contributed by atoms with E-state index in [1.807, 2.05) is 6.26 Å². The molecule has 0 aliphatic carbocycles. The third-order valence-corrected chi connectivity index (χ3v) is 7.10. The highest BCUT2D eigenvalue weighted by Crippen LogP contribution is 2.53. The lowest BCUT2D eigenvalue weighted by molar-refractivity contribution is 0.0423. The number of ether oxygens (including phenoxy) is 12. The van der Waals surface area contributed by atoms with Gasteiger partial charge in [0.1, 0.15) is 0 Å². The largest absolute Gasteiger partial charge is 0.493 e. The van der Waals surface area contributed by atoms with E-state index in [-0.39, 0.29) is 27.2 Å². The van der Waals surface area contributed by atoms with Gasteiger partial charge in [0.25, 0.3) is 0 Å². The molecule has 2 aromatic carbocycles. The Balaban J connectivity index is 2.38. The smallest absolute Gasteiger partial charge is 0.188 e. The lowest BCUT2D eigenvalue weighted by Gasteiger charge is -2.23. The molecule has 0 radical (unpaired) electrons. The van der Waals surface area contributed by atoms with E-state index in [0.717, 1.165) is 35.3 Å². The van der Waals surface area contributed by atoms with Crippen LogP contribution in [0.1, 0.15) is 30.4 Å². The Morgan fingerprint density at radius 1 is 0.465 bits per heavy atom. The Kier molecular flexibility index (Phi) is 16.9. The van der Waals surface area contributed by atoms with E-state index >= 15 is 0 Å². The monoisotopic (exact) mass is 630 g/mol. The van der Waals surface area contributed by atoms with Gasteiger partial charge in [-0.25, -0.2) is 0 Å². The number of rotatable bonds is 23. The summed E-state index contributed by atoms with van der Waals surface area (Å²) in [5.41, 5.74) is 1.63. The van der Waals surface area contributed by atoms with Crippen LogP contribution < -0.4 is 37.9 Å². The summed E-state index contributed by atoms with van der Waals surface area (Å²) in [6.07, 6.45) is 5.65. The Hall–Kier alpha value is -2.97. The molecular formula is C30H46O12S. The lowest BCUT2D eigenvalue weighted by atomic mass is 10.00. The molecular weight excluding hydrogens is 584 g/mol. The highest BCUT2D eigenvalue weighted by Gasteiger charge is 2.28. The molecule has 0 aliphatic heterocycles. The molecule has 0 saturated carbocycles. The van der Waals surface area contributed by atoms with Crippen LogP contribution >= 0.6 is 11.8 Å². The van der Waals surface area contributed by atoms with Crippen molar-refractivity contribution in [3.05, 3.63) is 17.2 Å². The maximum atomic E-state index is 6.02. The molecule has 0 unspecified atom stereocenters. The third kappa shape index (κ3) is 9.51. The second-order valence-electron chi connectivity index (χ2n) is 8.92. The van der Waals surface area contributed by atoms with Crippen LogP contribution in [-0.2, 0) is 31.8 Å². The molecule has 0 atom stereocenters. The summed E-state index contributed by atoms with van der Waals surface area (Å²) in [6.45, 7) is 0.209. The van der Waals surface area contributed by atoms with Gasteiger partial charge in [-0.3, -0.25) is 0 Å². The molecule has 0 aromatic heterocycles. The van der Waals surface area contributed by atoms with Crippen molar-refractivity contribution >= 4 is 11.8 Å². The minimum Gasteiger partial charge on any atom is -0.493 e. The topological polar surface area (TPSA) is 111 Å². The van der Waals surface area contributed by atoms with Crippen molar-refractivity contribution in [2.75, 3.05) is 90.3 Å². The van der Waals surface area contributed by atoms with Gasteiger partial charge in [0.2, 0.25) is 0 Å². The van der Waals surface area contributed by atoms with Crippen LogP contribution in [0.15, 0.2) is 11.0 Å². The zero-order chi connectivity index (χ0) is 31.6. The first-order valence-corrected chi connectivity index (χ1v) is 14.8. The van der Waals surface area contributed by atoms with Gasteiger partial charge in [0.05, 0.1) is 33.3 Å². The average Bonchev–Trinajstić information content (AvgIpc) is 3.03. The molecule has 0 amide bonds. The molecule has 244 valence electrons. The normalized spacial score (nSPS) is 10.8. The fraction of sp³-hybridized carbons (Fsp3) is 0.600. The molecule has 12 nitrogen and oxygen atoms in total. The van der Waals surface area contributed by atoms with Gasteiger partial charge < -0.3 is 56.8 Å². The second-order valence-corrected chi connectivity index (χ2v) is 9.74. The fourth-order valence-corrected chi connectivity index (χ4v) is 5.26. The summed E-state index contributed by atoms with van der Waals surface area (Å²) in [5.74, 6) is 4.31. The first-order valence-electron chi connectivity index (χ1n) is 13.6. The zero-order valence-electron chi connectivity index (χ0n) is 26.7. The minimum atomic E-state index is 0.0476. The number of methoxy groups -OCH3 is 8. The van der Waals surface area contributed by atoms with E-state index in [4.69, 9.17) is 56.8 Å². The van der Waals surface area contributed by atoms with Crippen LogP contribution in [0.4, 0.5) is 0 Å². The molecule has 13 heteroatoms. The molecule has 0 N–H and O–H groups in total. The predicted molar refractivity (Wildman–Crippen MR) is 162 cm³/mol. The zero-order valence-corrected chi connectivity index (χ0v) is 27.6. The maximum absolute atomic E-state index is 6.02. The van der Waals surface area contributed by atoms with Crippen molar-refractivity contribution in [2.45, 2.75) is 37.0 Å². The Labute approximate surface area is 259 Å². The van der Waals surface area contributed by atoms with Gasteiger partial charge in [-0.2, -0.15) is 0 Å². The van der Waals surface area contributed by atoms with E-state index in [2.05, 4.69) is 0 Å². The molecule has 0 fully saturated rings. The van der Waals surface area contributed by atoms with Gasteiger partial charge in [-0.15, -0.1) is 11.8 Å². The molecule has 2 rings (SSSR count). The number of thioether (sulfide) groups is 1. The van der Waals surface area contributed by atoms with Crippen LogP contribution in [-0.4, -0.2) is 90.3 Å². The minimum absolute atomic E-state index is 0.0476.